The number of carbonyl (C=O) groups is 1. The summed E-state index contributed by atoms with van der Waals surface area (Å²) in [7, 11) is 0. The molecule has 0 radical (unpaired) electrons. The normalized spacial score (nSPS) is 11.0. The molecule has 2 aromatic heterocycles. The van der Waals surface area contributed by atoms with E-state index >= 15 is 0 Å². The Hall–Kier alpha value is -3.16. The van der Waals surface area contributed by atoms with E-state index in [1.807, 2.05) is 38.1 Å². The van der Waals surface area contributed by atoms with E-state index in [9.17, 15) is 4.79 Å². The minimum absolute atomic E-state index is 0.00519. The SMILES string of the molecule is CC(C)c1nnc(NCc2cccc(-n3ccc(C(=O)O)n3)c2)o1. The van der Waals surface area contributed by atoms with E-state index in [1.165, 1.54) is 10.7 Å². The van der Waals surface area contributed by atoms with Crippen molar-refractivity contribution in [3.8, 4) is 5.69 Å². The number of benzene rings is 1. The number of hydrogen-bond acceptors (Lipinski definition) is 6. The number of nitrogens with zero attached hydrogens (tertiary/aromatic N) is 4. The van der Waals surface area contributed by atoms with Crippen molar-refractivity contribution in [2.45, 2.75) is 26.3 Å². The van der Waals surface area contributed by atoms with Gasteiger partial charge < -0.3 is 14.8 Å². The number of anilines is 1. The van der Waals surface area contributed by atoms with Gasteiger partial charge in [-0.1, -0.05) is 31.1 Å². The number of rotatable bonds is 6. The monoisotopic (exact) mass is 327 g/mol. The van der Waals surface area contributed by atoms with Crippen LogP contribution < -0.4 is 5.32 Å². The van der Waals surface area contributed by atoms with Gasteiger partial charge in [-0.25, -0.2) is 9.48 Å². The van der Waals surface area contributed by atoms with Gasteiger partial charge in [-0.2, -0.15) is 5.10 Å². The Bertz CT molecular complexity index is 853. The minimum atomic E-state index is -1.05. The number of aromatic carboxylic acids is 1. The van der Waals surface area contributed by atoms with Gasteiger partial charge in [0.1, 0.15) is 0 Å². The van der Waals surface area contributed by atoms with Crippen LogP contribution in [-0.4, -0.2) is 31.1 Å². The zero-order chi connectivity index (χ0) is 17.1. The highest BCUT2D eigenvalue weighted by Crippen LogP contribution is 2.16. The van der Waals surface area contributed by atoms with Gasteiger partial charge in [0.2, 0.25) is 5.89 Å². The van der Waals surface area contributed by atoms with Crippen LogP contribution in [0.25, 0.3) is 5.69 Å². The highest BCUT2D eigenvalue weighted by molar-refractivity contribution is 5.85. The number of hydrogen-bond donors (Lipinski definition) is 2. The van der Waals surface area contributed by atoms with Crippen LogP contribution in [0.3, 0.4) is 0 Å². The molecule has 8 heteroatoms. The molecule has 0 bridgehead atoms. The van der Waals surface area contributed by atoms with Gasteiger partial charge >= 0.3 is 12.0 Å². The van der Waals surface area contributed by atoms with Gasteiger partial charge in [0.05, 0.1) is 5.69 Å². The third-order valence-electron chi connectivity index (χ3n) is 3.36. The van der Waals surface area contributed by atoms with Crippen molar-refractivity contribution in [3.63, 3.8) is 0 Å². The molecule has 8 nitrogen and oxygen atoms in total. The van der Waals surface area contributed by atoms with E-state index in [0.29, 0.717) is 18.5 Å². The number of nitrogens with one attached hydrogen (secondary N) is 1. The maximum Gasteiger partial charge on any atom is 0.356 e. The molecule has 0 amide bonds. The molecule has 2 heterocycles. The predicted molar refractivity (Wildman–Crippen MR) is 86.2 cm³/mol. The van der Waals surface area contributed by atoms with Crippen molar-refractivity contribution < 1.29 is 14.3 Å². The largest absolute Gasteiger partial charge is 0.476 e. The average Bonchev–Trinajstić information content (AvgIpc) is 3.23. The Morgan fingerprint density at radius 1 is 1.33 bits per heavy atom. The molecule has 0 saturated heterocycles. The second kappa shape index (κ2) is 6.53. The maximum absolute atomic E-state index is 10.9. The van der Waals surface area contributed by atoms with E-state index in [0.717, 1.165) is 11.3 Å². The molecule has 124 valence electrons. The lowest BCUT2D eigenvalue weighted by atomic mass is 10.2. The smallest absolute Gasteiger partial charge is 0.356 e. The van der Waals surface area contributed by atoms with Gasteiger partial charge in [0.15, 0.2) is 5.69 Å². The van der Waals surface area contributed by atoms with Crippen LogP contribution in [0.4, 0.5) is 6.01 Å². The lowest BCUT2D eigenvalue weighted by Gasteiger charge is -2.06. The van der Waals surface area contributed by atoms with E-state index in [1.54, 1.807) is 6.20 Å². The summed E-state index contributed by atoms with van der Waals surface area (Å²) in [4.78, 5) is 10.9. The lowest BCUT2D eigenvalue weighted by Crippen LogP contribution is -2.03. The molecule has 0 saturated carbocycles. The molecule has 0 aliphatic rings. The maximum atomic E-state index is 10.9. The van der Waals surface area contributed by atoms with Crippen molar-refractivity contribution in [3.05, 3.63) is 53.7 Å². The standard InChI is InChI=1S/C16H17N5O3/c1-10(2)14-18-19-16(24-14)17-9-11-4-3-5-12(8-11)21-7-6-13(20-21)15(22)23/h3-8,10H,9H2,1-2H3,(H,17,19)(H,22,23). The molecular formula is C16H17N5O3. The summed E-state index contributed by atoms with van der Waals surface area (Å²) in [6.45, 7) is 4.47. The second-order valence-corrected chi connectivity index (χ2v) is 5.57. The lowest BCUT2D eigenvalue weighted by molar-refractivity contribution is 0.0690. The van der Waals surface area contributed by atoms with Crippen LogP contribution in [0.2, 0.25) is 0 Å². The van der Waals surface area contributed by atoms with E-state index in [4.69, 9.17) is 9.52 Å². The summed E-state index contributed by atoms with van der Waals surface area (Å²) in [6, 6.07) is 9.41. The predicted octanol–water partition coefficient (Wildman–Crippen LogP) is 2.69. The molecule has 3 aromatic rings. The van der Waals surface area contributed by atoms with Crippen molar-refractivity contribution in [1.82, 2.24) is 20.0 Å². The fraction of sp³-hybridized carbons (Fsp3) is 0.250. The summed E-state index contributed by atoms with van der Waals surface area (Å²) < 4.78 is 7.02. The van der Waals surface area contributed by atoms with Gasteiger partial charge in [0.25, 0.3) is 0 Å². The van der Waals surface area contributed by atoms with Crippen molar-refractivity contribution in [2.24, 2.45) is 0 Å². The third-order valence-corrected chi connectivity index (χ3v) is 3.36. The zero-order valence-corrected chi connectivity index (χ0v) is 13.3. The second-order valence-electron chi connectivity index (χ2n) is 5.57. The van der Waals surface area contributed by atoms with Gasteiger partial charge in [-0.3, -0.25) is 0 Å². The number of carboxylic acids is 1. The van der Waals surface area contributed by atoms with Gasteiger partial charge in [-0.05, 0) is 23.8 Å². The molecule has 1 aromatic carbocycles. The fourth-order valence-corrected chi connectivity index (χ4v) is 2.11. The van der Waals surface area contributed by atoms with E-state index in [-0.39, 0.29) is 11.6 Å². The van der Waals surface area contributed by atoms with Crippen LogP contribution >= 0.6 is 0 Å². The third kappa shape index (κ3) is 3.43. The molecule has 0 spiro atoms. The quantitative estimate of drug-likeness (QED) is 0.717. The molecule has 0 aliphatic heterocycles. The first-order valence-electron chi connectivity index (χ1n) is 7.48. The first-order valence-corrected chi connectivity index (χ1v) is 7.48. The molecule has 0 fully saturated rings. The molecule has 24 heavy (non-hydrogen) atoms. The molecule has 0 unspecified atom stereocenters. The van der Waals surface area contributed by atoms with Gasteiger partial charge in [-0.15, -0.1) is 5.10 Å². The highest BCUT2D eigenvalue weighted by atomic mass is 16.4. The minimum Gasteiger partial charge on any atom is -0.476 e. The fourth-order valence-electron chi connectivity index (χ4n) is 2.11. The Kier molecular flexibility index (Phi) is 4.28. The Morgan fingerprint density at radius 3 is 2.83 bits per heavy atom. The van der Waals surface area contributed by atoms with Gasteiger partial charge in [0, 0.05) is 18.7 Å². The van der Waals surface area contributed by atoms with Crippen molar-refractivity contribution in [1.29, 1.82) is 0 Å². The summed E-state index contributed by atoms with van der Waals surface area (Å²) in [5.41, 5.74) is 1.75. The molecular weight excluding hydrogens is 310 g/mol. The molecule has 0 aliphatic carbocycles. The first kappa shape index (κ1) is 15.7. The van der Waals surface area contributed by atoms with Crippen molar-refractivity contribution >= 4 is 12.0 Å². The summed E-state index contributed by atoms with van der Waals surface area (Å²) >= 11 is 0. The zero-order valence-electron chi connectivity index (χ0n) is 13.3. The Morgan fingerprint density at radius 2 is 2.17 bits per heavy atom. The van der Waals surface area contributed by atoms with E-state index < -0.39 is 5.97 Å². The number of carboxylic acid groups (broad SMARTS) is 1. The van der Waals surface area contributed by atoms with Crippen LogP contribution in [0, 0.1) is 0 Å². The van der Waals surface area contributed by atoms with Crippen LogP contribution in [0.5, 0.6) is 0 Å². The Labute approximate surface area is 138 Å². The summed E-state index contributed by atoms with van der Waals surface area (Å²) in [5.74, 6) is -0.285. The summed E-state index contributed by atoms with van der Waals surface area (Å²) in [5, 5.41) is 23.9. The molecule has 0 atom stereocenters. The number of aromatic nitrogens is 4. The van der Waals surface area contributed by atoms with Crippen LogP contribution in [-0.2, 0) is 6.54 Å². The highest BCUT2D eigenvalue weighted by Gasteiger charge is 2.10. The van der Waals surface area contributed by atoms with Crippen LogP contribution in [0.15, 0.2) is 40.9 Å². The van der Waals surface area contributed by atoms with E-state index in [2.05, 4.69) is 20.6 Å². The summed E-state index contributed by atoms with van der Waals surface area (Å²) in [6.07, 6.45) is 1.61. The Balaban J connectivity index is 1.71. The van der Waals surface area contributed by atoms with Crippen molar-refractivity contribution in [2.75, 3.05) is 5.32 Å². The first-order chi connectivity index (χ1) is 11.5. The van der Waals surface area contributed by atoms with Crippen LogP contribution in [0.1, 0.15) is 41.7 Å². The topological polar surface area (TPSA) is 106 Å². The average molecular weight is 327 g/mol. The molecule has 2 N–H and O–H groups in total. The molecule has 3 rings (SSSR count).